The molecule has 0 atom stereocenters. The molecule has 0 bridgehead atoms. The van der Waals surface area contributed by atoms with Crippen LogP contribution in [-0.2, 0) is 6.54 Å². The van der Waals surface area contributed by atoms with E-state index in [4.69, 9.17) is 11.6 Å². The molecule has 1 aromatic carbocycles. The Labute approximate surface area is 93.1 Å². The molecule has 0 fully saturated rings. The first kappa shape index (κ1) is 9.93. The number of rotatable bonds is 3. The zero-order valence-electron chi connectivity index (χ0n) is 8.02. The van der Waals surface area contributed by atoms with Crippen molar-refractivity contribution >= 4 is 17.3 Å². The normalized spacial score (nSPS) is 9.93. The lowest BCUT2D eigenvalue weighted by molar-refractivity contribution is 1.05. The lowest BCUT2D eigenvalue weighted by atomic mass is 10.3. The highest BCUT2D eigenvalue weighted by Crippen LogP contribution is 2.20. The molecular formula is C11H10ClN3. The molecule has 15 heavy (non-hydrogen) atoms. The number of halogens is 1. The highest BCUT2D eigenvalue weighted by molar-refractivity contribution is 6.33. The lowest BCUT2D eigenvalue weighted by Gasteiger charge is -2.07. The number of nitrogens with zero attached hydrogens (tertiary/aromatic N) is 2. The van der Waals surface area contributed by atoms with E-state index in [1.54, 1.807) is 12.4 Å². The third-order valence-corrected chi connectivity index (χ3v) is 2.30. The Bertz CT molecular complexity index is 431. The average Bonchev–Trinajstić information content (AvgIpc) is 2.29. The van der Waals surface area contributed by atoms with Crippen LogP contribution in [0, 0.1) is 0 Å². The Morgan fingerprint density at radius 2 is 1.87 bits per heavy atom. The van der Waals surface area contributed by atoms with Gasteiger partial charge in [0.15, 0.2) is 0 Å². The fraction of sp³-hybridized carbons (Fsp3) is 0.0909. The second-order valence-electron chi connectivity index (χ2n) is 3.08. The predicted octanol–water partition coefficient (Wildman–Crippen LogP) is 2.74. The zero-order chi connectivity index (χ0) is 10.5. The fourth-order valence-electron chi connectivity index (χ4n) is 1.22. The Balaban J connectivity index is 2.03. The molecule has 0 amide bonds. The van der Waals surface area contributed by atoms with Crippen molar-refractivity contribution in [2.45, 2.75) is 6.54 Å². The van der Waals surface area contributed by atoms with Gasteiger partial charge in [-0.2, -0.15) is 0 Å². The minimum atomic E-state index is 0.671. The molecule has 0 saturated carbocycles. The molecule has 0 aliphatic carbocycles. The molecule has 2 rings (SSSR count). The minimum Gasteiger partial charge on any atom is -0.380 e. The van der Waals surface area contributed by atoms with Gasteiger partial charge in [-0.1, -0.05) is 23.7 Å². The molecule has 0 unspecified atom stereocenters. The van der Waals surface area contributed by atoms with E-state index >= 15 is 0 Å². The van der Waals surface area contributed by atoms with Crippen LogP contribution in [0.5, 0.6) is 0 Å². The Hall–Kier alpha value is -1.61. The van der Waals surface area contributed by atoms with Gasteiger partial charge < -0.3 is 5.32 Å². The maximum absolute atomic E-state index is 6.00. The average molecular weight is 220 g/mol. The first-order chi connectivity index (χ1) is 7.36. The molecule has 1 N–H and O–H groups in total. The minimum absolute atomic E-state index is 0.671. The number of anilines is 1. The van der Waals surface area contributed by atoms with Crippen molar-refractivity contribution in [3.63, 3.8) is 0 Å². The lowest BCUT2D eigenvalue weighted by Crippen LogP contribution is -2.00. The van der Waals surface area contributed by atoms with Crippen LogP contribution in [-0.4, -0.2) is 9.97 Å². The van der Waals surface area contributed by atoms with Crippen molar-refractivity contribution in [2.75, 3.05) is 5.32 Å². The van der Waals surface area contributed by atoms with Crippen molar-refractivity contribution in [2.24, 2.45) is 0 Å². The van der Waals surface area contributed by atoms with E-state index in [0.29, 0.717) is 11.6 Å². The molecule has 3 nitrogen and oxygen atoms in total. The molecule has 1 aromatic heterocycles. The summed E-state index contributed by atoms with van der Waals surface area (Å²) in [4.78, 5) is 7.87. The molecule has 4 heteroatoms. The van der Waals surface area contributed by atoms with Crippen LogP contribution in [0.25, 0.3) is 0 Å². The van der Waals surface area contributed by atoms with Crippen LogP contribution in [0.3, 0.4) is 0 Å². The third kappa shape index (κ3) is 2.67. The van der Waals surface area contributed by atoms with Crippen LogP contribution < -0.4 is 5.32 Å². The van der Waals surface area contributed by atoms with Gasteiger partial charge in [0.05, 0.1) is 10.7 Å². The number of hydrogen-bond acceptors (Lipinski definition) is 3. The van der Waals surface area contributed by atoms with Gasteiger partial charge in [-0.3, -0.25) is 0 Å². The van der Waals surface area contributed by atoms with E-state index in [2.05, 4.69) is 15.3 Å². The molecule has 1 heterocycles. The summed E-state index contributed by atoms with van der Waals surface area (Å²) >= 11 is 6.00. The van der Waals surface area contributed by atoms with Gasteiger partial charge in [-0.25, -0.2) is 9.97 Å². The first-order valence-electron chi connectivity index (χ1n) is 4.58. The van der Waals surface area contributed by atoms with Gasteiger partial charge >= 0.3 is 0 Å². The summed E-state index contributed by atoms with van der Waals surface area (Å²) in [6, 6.07) is 7.63. The Morgan fingerprint density at radius 3 is 2.60 bits per heavy atom. The van der Waals surface area contributed by atoms with Crippen LogP contribution >= 0.6 is 11.6 Å². The summed E-state index contributed by atoms with van der Waals surface area (Å²) in [7, 11) is 0. The molecule has 0 radical (unpaired) electrons. The molecule has 0 spiro atoms. The number of hydrogen-bond donors (Lipinski definition) is 1. The molecule has 76 valence electrons. The van der Waals surface area contributed by atoms with Crippen LogP contribution in [0.1, 0.15) is 5.56 Å². The van der Waals surface area contributed by atoms with Gasteiger partial charge in [0, 0.05) is 24.5 Å². The summed E-state index contributed by atoms with van der Waals surface area (Å²) in [5.41, 5.74) is 1.94. The highest BCUT2D eigenvalue weighted by atomic mass is 35.5. The van der Waals surface area contributed by atoms with Crippen molar-refractivity contribution < 1.29 is 0 Å². The SMILES string of the molecule is Clc1ccccc1NCc1cncnc1. The topological polar surface area (TPSA) is 37.8 Å². The van der Waals surface area contributed by atoms with E-state index in [1.807, 2.05) is 24.3 Å². The predicted molar refractivity (Wildman–Crippen MR) is 60.8 cm³/mol. The fourth-order valence-corrected chi connectivity index (χ4v) is 1.43. The van der Waals surface area contributed by atoms with Crippen molar-refractivity contribution in [1.29, 1.82) is 0 Å². The molecular weight excluding hydrogens is 210 g/mol. The quantitative estimate of drug-likeness (QED) is 0.863. The second-order valence-corrected chi connectivity index (χ2v) is 3.49. The van der Waals surface area contributed by atoms with Crippen molar-refractivity contribution in [3.05, 3.63) is 53.6 Å². The monoisotopic (exact) mass is 219 g/mol. The smallest absolute Gasteiger partial charge is 0.115 e. The van der Waals surface area contributed by atoms with Gasteiger partial charge in [0.2, 0.25) is 0 Å². The largest absolute Gasteiger partial charge is 0.380 e. The number of para-hydroxylation sites is 1. The number of benzene rings is 1. The summed E-state index contributed by atoms with van der Waals surface area (Å²) in [6.07, 6.45) is 5.06. The summed E-state index contributed by atoms with van der Waals surface area (Å²) in [6.45, 7) is 0.671. The molecule has 0 aliphatic heterocycles. The summed E-state index contributed by atoms with van der Waals surface area (Å²) in [5, 5.41) is 3.93. The third-order valence-electron chi connectivity index (χ3n) is 1.97. The van der Waals surface area contributed by atoms with Crippen LogP contribution in [0.4, 0.5) is 5.69 Å². The second kappa shape index (κ2) is 4.75. The van der Waals surface area contributed by atoms with E-state index in [-0.39, 0.29) is 0 Å². The van der Waals surface area contributed by atoms with Gasteiger partial charge in [-0.05, 0) is 12.1 Å². The van der Waals surface area contributed by atoms with E-state index < -0.39 is 0 Å². The van der Waals surface area contributed by atoms with Crippen molar-refractivity contribution in [3.8, 4) is 0 Å². The Kier molecular flexibility index (Phi) is 3.15. The summed E-state index contributed by atoms with van der Waals surface area (Å²) < 4.78 is 0. The summed E-state index contributed by atoms with van der Waals surface area (Å²) in [5.74, 6) is 0. The maximum Gasteiger partial charge on any atom is 0.115 e. The number of nitrogens with one attached hydrogen (secondary N) is 1. The maximum atomic E-state index is 6.00. The first-order valence-corrected chi connectivity index (χ1v) is 4.96. The van der Waals surface area contributed by atoms with Crippen molar-refractivity contribution in [1.82, 2.24) is 9.97 Å². The van der Waals surface area contributed by atoms with Gasteiger partial charge in [0.25, 0.3) is 0 Å². The van der Waals surface area contributed by atoms with Crippen LogP contribution in [0.15, 0.2) is 43.0 Å². The van der Waals surface area contributed by atoms with E-state index in [9.17, 15) is 0 Å². The standard InChI is InChI=1S/C11H10ClN3/c12-10-3-1-2-4-11(10)15-7-9-5-13-8-14-6-9/h1-6,8,15H,7H2. The zero-order valence-corrected chi connectivity index (χ0v) is 8.78. The van der Waals surface area contributed by atoms with Gasteiger partial charge in [0.1, 0.15) is 6.33 Å². The number of aromatic nitrogens is 2. The molecule has 0 aliphatic rings. The molecule has 2 aromatic rings. The Morgan fingerprint density at radius 1 is 1.13 bits per heavy atom. The van der Waals surface area contributed by atoms with Gasteiger partial charge in [-0.15, -0.1) is 0 Å². The van der Waals surface area contributed by atoms with E-state index in [0.717, 1.165) is 11.3 Å². The van der Waals surface area contributed by atoms with E-state index in [1.165, 1.54) is 6.33 Å². The highest BCUT2D eigenvalue weighted by Gasteiger charge is 1.97. The molecule has 0 saturated heterocycles. The van der Waals surface area contributed by atoms with Crippen LogP contribution in [0.2, 0.25) is 5.02 Å².